The summed E-state index contributed by atoms with van der Waals surface area (Å²) in [7, 11) is 1.56. The number of hydrogen-bond acceptors (Lipinski definition) is 8. The SMILES string of the molecule is COC1(C(=O)Nc2ccc3c(c2)nc(CN2CCC(c4cccc(OCc5ccc(Cl)cc5F)n4)CC2)n3C[C@@H]2CCO2)CCCOC1. The van der Waals surface area contributed by atoms with Gasteiger partial charge in [-0.15, -0.1) is 0 Å². The standard InChI is InChI=1S/C36H41ClFN5O5/c1-45-36(13-3-16-46-23-36)35(44)39-27-8-9-32-31(19-27)40-33(43(32)20-28-12-17-47-28)21-42-14-10-24(11-15-42)30-4-2-5-34(41-30)48-22-25-6-7-26(37)18-29(25)38/h2,4-9,18-19,24,28H,3,10-17,20-23H2,1H3,(H,39,44)/t28-,36?/m0/s1. The van der Waals surface area contributed by atoms with E-state index in [-0.39, 0.29) is 25.2 Å². The highest BCUT2D eigenvalue weighted by Gasteiger charge is 2.41. The van der Waals surface area contributed by atoms with Crippen molar-refractivity contribution >= 4 is 34.2 Å². The molecule has 2 aromatic carbocycles. The molecule has 12 heteroatoms. The highest BCUT2D eigenvalue weighted by atomic mass is 35.5. The van der Waals surface area contributed by atoms with Crippen LogP contribution in [0.5, 0.6) is 5.88 Å². The Balaban J connectivity index is 1.01. The second-order valence-electron chi connectivity index (χ2n) is 12.9. The number of hydrogen-bond donors (Lipinski definition) is 1. The molecule has 2 atom stereocenters. The Morgan fingerprint density at radius 2 is 1.96 bits per heavy atom. The maximum Gasteiger partial charge on any atom is 0.259 e. The van der Waals surface area contributed by atoms with Gasteiger partial charge in [-0.2, -0.15) is 0 Å². The van der Waals surface area contributed by atoms with Gasteiger partial charge in [0, 0.05) is 54.3 Å². The molecule has 0 aliphatic carbocycles. The van der Waals surface area contributed by atoms with Gasteiger partial charge in [-0.25, -0.2) is 14.4 Å². The molecule has 5 heterocycles. The lowest BCUT2D eigenvalue weighted by Gasteiger charge is -2.34. The Morgan fingerprint density at radius 1 is 1.10 bits per heavy atom. The highest BCUT2D eigenvalue weighted by molar-refractivity contribution is 6.30. The van der Waals surface area contributed by atoms with E-state index in [2.05, 4.69) is 14.8 Å². The van der Waals surface area contributed by atoms with E-state index < -0.39 is 11.4 Å². The number of aromatic nitrogens is 3. The van der Waals surface area contributed by atoms with Crippen LogP contribution < -0.4 is 10.1 Å². The summed E-state index contributed by atoms with van der Waals surface area (Å²) in [5.74, 6) is 1.18. The summed E-state index contributed by atoms with van der Waals surface area (Å²) in [6.07, 6.45) is 4.51. The molecule has 0 bridgehead atoms. The number of carbonyl (C=O) groups excluding carboxylic acids is 1. The molecule has 254 valence electrons. The lowest BCUT2D eigenvalue weighted by molar-refractivity contribution is -0.154. The molecule has 1 amide bonds. The number of piperidine rings is 1. The number of likely N-dealkylation sites (tertiary alicyclic amines) is 1. The third-order valence-electron chi connectivity index (χ3n) is 9.78. The van der Waals surface area contributed by atoms with Gasteiger partial charge in [0.15, 0.2) is 5.60 Å². The Morgan fingerprint density at radius 3 is 2.69 bits per heavy atom. The van der Waals surface area contributed by atoms with Crippen molar-refractivity contribution in [3.8, 4) is 5.88 Å². The molecule has 0 spiro atoms. The minimum atomic E-state index is -0.980. The molecule has 3 fully saturated rings. The molecule has 3 aliphatic heterocycles. The number of benzene rings is 2. The quantitative estimate of drug-likeness (QED) is 0.203. The number of nitrogens with one attached hydrogen (secondary N) is 1. The second-order valence-corrected chi connectivity index (χ2v) is 13.3. The molecule has 0 saturated carbocycles. The van der Waals surface area contributed by atoms with Crippen LogP contribution in [0.15, 0.2) is 54.6 Å². The minimum absolute atomic E-state index is 0.0849. The van der Waals surface area contributed by atoms with Crippen molar-refractivity contribution in [1.29, 1.82) is 0 Å². The number of ether oxygens (including phenoxy) is 4. The smallest absolute Gasteiger partial charge is 0.259 e. The molecule has 2 aromatic heterocycles. The van der Waals surface area contributed by atoms with E-state index in [9.17, 15) is 9.18 Å². The Kier molecular flexibility index (Phi) is 9.93. The molecular formula is C36H41ClFN5O5. The summed E-state index contributed by atoms with van der Waals surface area (Å²) in [6, 6.07) is 16.3. The fraction of sp³-hybridized carbons (Fsp3) is 0.472. The average molecular weight is 678 g/mol. The number of carbonyl (C=O) groups is 1. The number of imidazole rings is 1. The first-order valence-electron chi connectivity index (χ1n) is 16.7. The molecule has 4 aromatic rings. The van der Waals surface area contributed by atoms with Gasteiger partial charge in [0.25, 0.3) is 5.91 Å². The van der Waals surface area contributed by atoms with Crippen molar-refractivity contribution in [3.63, 3.8) is 0 Å². The summed E-state index contributed by atoms with van der Waals surface area (Å²) in [4.78, 5) is 25.5. The number of pyridine rings is 1. The number of nitrogens with zero attached hydrogens (tertiary/aromatic N) is 4. The zero-order chi connectivity index (χ0) is 33.1. The molecule has 3 saturated heterocycles. The first-order valence-corrected chi connectivity index (χ1v) is 17.1. The molecule has 1 N–H and O–H groups in total. The number of methoxy groups -OCH3 is 1. The van der Waals surface area contributed by atoms with Crippen molar-refractivity contribution in [2.24, 2.45) is 0 Å². The molecular weight excluding hydrogens is 637 g/mol. The van der Waals surface area contributed by atoms with Crippen LogP contribution in [0.25, 0.3) is 11.0 Å². The largest absolute Gasteiger partial charge is 0.473 e. The number of halogens is 2. The Labute approximate surface area is 284 Å². The number of fused-ring (bicyclic) bond motifs is 1. The lowest BCUT2D eigenvalue weighted by atomic mass is 9.93. The zero-order valence-corrected chi connectivity index (χ0v) is 27.9. The van der Waals surface area contributed by atoms with Gasteiger partial charge in [-0.1, -0.05) is 23.7 Å². The normalized spacial score (nSPS) is 22.0. The molecule has 3 aliphatic rings. The molecule has 0 radical (unpaired) electrons. The van der Waals surface area contributed by atoms with Gasteiger partial charge in [0.2, 0.25) is 5.88 Å². The van der Waals surface area contributed by atoms with E-state index >= 15 is 0 Å². The number of amides is 1. The van der Waals surface area contributed by atoms with Gasteiger partial charge >= 0.3 is 0 Å². The van der Waals surface area contributed by atoms with E-state index in [1.165, 1.54) is 6.07 Å². The van der Waals surface area contributed by atoms with Crippen molar-refractivity contribution in [2.45, 2.75) is 69.4 Å². The number of anilines is 1. The number of rotatable bonds is 11. The van der Waals surface area contributed by atoms with Crippen LogP contribution in [-0.4, -0.2) is 77.1 Å². The maximum absolute atomic E-state index is 14.2. The monoisotopic (exact) mass is 677 g/mol. The van der Waals surface area contributed by atoms with Gasteiger partial charge in [-0.05, 0) is 81.6 Å². The molecule has 48 heavy (non-hydrogen) atoms. The van der Waals surface area contributed by atoms with E-state index in [4.69, 9.17) is 40.5 Å². The van der Waals surface area contributed by atoms with Crippen LogP contribution >= 0.6 is 11.6 Å². The van der Waals surface area contributed by atoms with Gasteiger partial charge in [-0.3, -0.25) is 9.69 Å². The third kappa shape index (κ3) is 7.21. The Hall–Kier alpha value is -3.61. The van der Waals surface area contributed by atoms with Crippen molar-refractivity contribution in [1.82, 2.24) is 19.4 Å². The highest BCUT2D eigenvalue weighted by Crippen LogP contribution is 2.31. The summed E-state index contributed by atoms with van der Waals surface area (Å²) >= 11 is 5.88. The predicted molar refractivity (Wildman–Crippen MR) is 180 cm³/mol. The van der Waals surface area contributed by atoms with Crippen molar-refractivity contribution in [2.75, 3.05) is 45.3 Å². The van der Waals surface area contributed by atoms with E-state index in [1.54, 1.807) is 25.3 Å². The predicted octanol–water partition coefficient (Wildman–Crippen LogP) is 6.11. The minimum Gasteiger partial charge on any atom is -0.473 e. The average Bonchev–Trinajstić information content (AvgIpc) is 3.42. The lowest BCUT2D eigenvalue weighted by Crippen LogP contribution is -2.50. The van der Waals surface area contributed by atoms with Gasteiger partial charge in [0.05, 0.1) is 36.8 Å². The van der Waals surface area contributed by atoms with Gasteiger partial charge < -0.3 is 28.8 Å². The molecule has 10 nitrogen and oxygen atoms in total. The van der Waals surface area contributed by atoms with E-state index in [0.29, 0.717) is 47.6 Å². The van der Waals surface area contributed by atoms with Crippen LogP contribution in [0.3, 0.4) is 0 Å². The summed E-state index contributed by atoms with van der Waals surface area (Å²) in [5.41, 5.74) is 2.99. The van der Waals surface area contributed by atoms with E-state index in [1.807, 2.05) is 30.3 Å². The first kappa shape index (κ1) is 32.9. The fourth-order valence-corrected chi connectivity index (χ4v) is 6.94. The second kappa shape index (κ2) is 14.5. The topological polar surface area (TPSA) is 100.0 Å². The fourth-order valence-electron chi connectivity index (χ4n) is 6.78. The Bertz CT molecular complexity index is 1750. The van der Waals surface area contributed by atoms with Crippen LogP contribution in [0.1, 0.15) is 55.1 Å². The summed E-state index contributed by atoms with van der Waals surface area (Å²) in [5, 5.41) is 3.40. The van der Waals surface area contributed by atoms with Crippen molar-refractivity contribution in [3.05, 3.63) is 82.5 Å². The first-order chi connectivity index (χ1) is 23.4. The maximum atomic E-state index is 14.2. The van der Waals surface area contributed by atoms with Gasteiger partial charge in [0.1, 0.15) is 18.2 Å². The van der Waals surface area contributed by atoms with Crippen LogP contribution in [0.2, 0.25) is 5.02 Å². The third-order valence-corrected chi connectivity index (χ3v) is 10.0. The van der Waals surface area contributed by atoms with E-state index in [0.717, 1.165) is 74.5 Å². The van der Waals surface area contributed by atoms with Crippen LogP contribution in [-0.2, 0) is 38.7 Å². The summed E-state index contributed by atoms with van der Waals surface area (Å²) in [6.45, 7) is 5.02. The molecule has 1 unspecified atom stereocenters. The van der Waals surface area contributed by atoms with Crippen molar-refractivity contribution < 1.29 is 28.1 Å². The molecule has 7 rings (SSSR count). The summed E-state index contributed by atoms with van der Waals surface area (Å²) < 4.78 is 39.4. The van der Waals surface area contributed by atoms with Crippen LogP contribution in [0.4, 0.5) is 10.1 Å². The zero-order valence-electron chi connectivity index (χ0n) is 27.1. The van der Waals surface area contributed by atoms with Crippen LogP contribution in [0, 0.1) is 5.82 Å².